The van der Waals surface area contributed by atoms with Gasteiger partial charge in [0, 0.05) is 31.2 Å². The van der Waals surface area contributed by atoms with E-state index in [1.807, 2.05) is 0 Å². The van der Waals surface area contributed by atoms with Crippen LogP contribution in [0, 0.1) is 5.92 Å². The number of nitrogens with zero attached hydrogens (tertiary/aromatic N) is 3. The molecule has 3 heterocycles. The van der Waals surface area contributed by atoms with Gasteiger partial charge in [-0.2, -0.15) is 0 Å². The second kappa shape index (κ2) is 6.33. The molecule has 3 nitrogen and oxygen atoms in total. The fraction of sp³-hybridized carbons (Fsp3) is 1.00. The Morgan fingerprint density at radius 2 is 1.25 bits per heavy atom. The van der Waals surface area contributed by atoms with Crippen molar-refractivity contribution in [2.45, 2.75) is 64.6 Å². The van der Waals surface area contributed by atoms with Gasteiger partial charge in [-0.3, -0.25) is 4.90 Å². The van der Waals surface area contributed by atoms with Crippen LogP contribution < -0.4 is 0 Å². The van der Waals surface area contributed by atoms with Gasteiger partial charge >= 0.3 is 0 Å². The molecule has 0 aromatic rings. The van der Waals surface area contributed by atoms with Crippen molar-refractivity contribution >= 4 is 0 Å². The average Bonchev–Trinajstić information content (AvgIpc) is 2.44. The molecule has 0 spiro atoms. The Kier molecular flexibility index (Phi) is 4.68. The zero-order chi connectivity index (χ0) is 14.1. The van der Waals surface area contributed by atoms with Crippen molar-refractivity contribution in [3.8, 4) is 0 Å². The quantitative estimate of drug-likeness (QED) is 0.785. The van der Waals surface area contributed by atoms with Crippen molar-refractivity contribution in [3.63, 3.8) is 0 Å². The summed E-state index contributed by atoms with van der Waals surface area (Å²) >= 11 is 0. The summed E-state index contributed by atoms with van der Waals surface area (Å²) in [5, 5.41) is 0. The summed E-state index contributed by atoms with van der Waals surface area (Å²) in [6.45, 7) is 15.1. The first-order valence-corrected chi connectivity index (χ1v) is 8.85. The van der Waals surface area contributed by atoms with E-state index in [1.54, 1.807) is 0 Å². The number of piperidine rings is 2. The van der Waals surface area contributed by atoms with Gasteiger partial charge in [-0.1, -0.05) is 6.92 Å². The van der Waals surface area contributed by atoms with Gasteiger partial charge in [-0.25, -0.2) is 0 Å². The second-order valence-electron chi connectivity index (χ2n) is 7.69. The van der Waals surface area contributed by atoms with Gasteiger partial charge in [0.05, 0.1) is 0 Å². The third-order valence-corrected chi connectivity index (χ3v) is 5.85. The van der Waals surface area contributed by atoms with Gasteiger partial charge in [0.2, 0.25) is 0 Å². The number of likely N-dealkylation sites (tertiary alicyclic amines) is 3. The van der Waals surface area contributed by atoms with Crippen molar-refractivity contribution in [1.82, 2.24) is 14.7 Å². The van der Waals surface area contributed by atoms with E-state index in [1.165, 1.54) is 65.0 Å². The van der Waals surface area contributed by atoms with Crippen LogP contribution in [0.1, 0.15) is 46.5 Å². The molecular weight excluding hydrogens is 246 g/mol. The van der Waals surface area contributed by atoms with Crippen LogP contribution in [0.15, 0.2) is 0 Å². The first kappa shape index (κ1) is 14.8. The van der Waals surface area contributed by atoms with Crippen LogP contribution in [-0.4, -0.2) is 72.1 Å². The topological polar surface area (TPSA) is 9.72 Å². The first-order valence-electron chi connectivity index (χ1n) is 8.85. The maximum atomic E-state index is 2.80. The molecule has 0 radical (unpaired) electrons. The minimum atomic E-state index is 0.732. The van der Waals surface area contributed by atoms with Crippen molar-refractivity contribution in [3.05, 3.63) is 0 Å². The first-order chi connectivity index (χ1) is 9.63. The van der Waals surface area contributed by atoms with Crippen LogP contribution in [0.25, 0.3) is 0 Å². The molecule has 0 aromatic heterocycles. The predicted octanol–water partition coefficient (Wildman–Crippen LogP) is 2.28. The molecule has 0 atom stereocenters. The molecule has 3 heteroatoms. The Morgan fingerprint density at radius 3 is 1.75 bits per heavy atom. The average molecular weight is 279 g/mol. The van der Waals surface area contributed by atoms with Crippen LogP contribution in [0.2, 0.25) is 0 Å². The van der Waals surface area contributed by atoms with Crippen LogP contribution >= 0.6 is 0 Å². The summed E-state index contributed by atoms with van der Waals surface area (Å²) in [6.07, 6.45) is 5.61. The molecule has 20 heavy (non-hydrogen) atoms. The monoisotopic (exact) mass is 279 g/mol. The summed E-state index contributed by atoms with van der Waals surface area (Å²) in [5.74, 6) is 0.952. The van der Waals surface area contributed by atoms with E-state index in [4.69, 9.17) is 0 Å². The molecule has 3 fully saturated rings. The van der Waals surface area contributed by atoms with Gasteiger partial charge in [0.25, 0.3) is 0 Å². The maximum Gasteiger partial charge on any atom is 0.0120 e. The number of rotatable bonds is 3. The molecule has 0 N–H and O–H groups in total. The fourth-order valence-corrected chi connectivity index (χ4v) is 4.43. The largest absolute Gasteiger partial charge is 0.301 e. The number of hydrogen-bond acceptors (Lipinski definition) is 3. The van der Waals surface area contributed by atoms with Crippen LogP contribution in [0.3, 0.4) is 0 Å². The Hall–Kier alpha value is -0.120. The van der Waals surface area contributed by atoms with Crippen molar-refractivity contribution in [2.24, 2.45) is 5.92 Å². The standard InChI is InChI=1S/C17H33N3/c1-14(2)18-8-4-16(5-9-18)19-10-6-17(7-11-19)20-12-15(3)13-20/h14-17H,4-13H2,1-3H3. The van der Waals surface area contributed by atoms with Crippen molar-refractivity contribution < 1.29 is 0 Å². The van der Waals surface area contributed by atoms with E-state index < -0.39 is 0 Å². The lowest BCUT2D eigenvalue weighted by Gasteiger charge is -2.48. The van der Waals surface area contributed by atoms with Gasteiger partial charge in [-0.05, 0) is 71.6 Å². The summed E-state index contributed by atoms with van der Waals surface area (Å²) < 4.78 is 0. The molecule has 3 saturated heterocycles. The Labute approximate surface area is 125 Å². The highest BCUT2D eigenvalue weighted by molar-refractivity contribution is 4.89. The van der Waals surface area contributed by atoms with Gasteiger partial charge < -0.3 is 9.80 Å². The molecule has 0 aromatic carbocycles. The van der Waals surface area contributed by atoms with Gasteiger partial charge in [0.1, 0.15) is 0 Å². The molecule has 0 saturated carbocycles. The third kappa shape index (κ3) is 3.20. The second-order valence-corrected chi connectivity index (χ2v) is 7.69. The van der Waals surface area contributed by atoms with Crippen molar-refractivity contribution in [1.29, 1.82) is 0 Å². The van der Waals surface area contributed by atoms with E-state index in [-0.39, 0.29) is 0 Å². The van der Waals surface area contributed by atoms with E-state index >= 15 is 0 Å². The molecule has 3 rings (SSSR count). The number of hydrogen-bond donors (Lipinski definition) is 0. The molecule has 3 aliphatic rings. The van der Waals surface area contributed by atoms with E-state index in [0.29, 0.717) is 0 Å². The molecule has 0 aliphatic carbocycles. The minimum Gasteiger partial charge on any atom is -0.301 e. The zero-order valence-electron chi connectivity index (χ0n) is 13.7. The van der Waals surface area contributed by atoms with Crippen LogP contribution in [-0.2, 0) is 0 Å². The minimum absolute atomic E-state index is 0.732. The molecule has 3 aliphatic heterocycles. The summed E-state index contributed by atoms with van der Waals surface area (Å²) in [5.41, 5.74) is 0. The fourth-order valence-electron chi connectivity index (χ4n) is 4.43. The lowest BCUT2D eigenvalue weighted by molar-refractivity contribution is 0.00712. The van der Waals surface area contributed by atoms with E-state index in [9.17, 15) is 0 Å². The lowest BCUT2D eigenvalue weighted by Crippen LogP contribution is -2.56. The molecular formula is C17H33N3. The molecule has 116 valence electrons. The lowest BCUT2D eigenvalue weighted by atomic mass is 9.92. The smallest absolute Gasteiger partial charge is 0.0120 e. The maximum absolute atomic E-state index is 2.80. The van der Waals surface area contributed by atoms with Crippen LogP contribution in [0.4, 0.5) is 0 Å². The van der Waals surface area contributed by atoms with E-state index in [0.717, 1.165) is 24.0 Å². The summed E-state index contributed by atoms with van der Waals surface area (Å²) in [6, 6.07) is 2.51. The van der Waals surface area contributed by atoms with Gasteiger partial charge in [0.15, 0.2) is 0 Å². The highest BCUT2D eigenvalue weighted by Gasteiger charge is 2.34. The molecule has 0 unspecified atom stereocenters. The molecule has 0 bridgehead atoms. The highest BCUT2D eigenvalue weighted by atomic mass is 15.3. The Morgan fingerprint density at radius 1 is 0.750 bits per heavy atom. The highest BCUT2D eigenvalue weighted by Crippen LogP contribution is 2.27. The Balaban J connectivity index is 1.40. The Bertz CT molecular complexity index is 295. The van der Waals surface area contributed by atoms with E-state index in [2.05, 4.69) is 35.5 Å². The summed E-state index contributed by atoms with van der Waals surface area (Å²) in [7, 11) is 0. The predicted molar refractivity (Wildman–Crippen MR) is 85.1 cm³/mol. The SMILES string of the molecule is CC1CN(C2CCN(C3CCN(C(C)C)CC3)CC2)C1. The summed E-state index contributed by atoms with van der Waals surface area (Å²) in [4.78, 5) is 8.17. The van der Waals surface area contributed by atoms with Crippen LogP contribution in [0.5, 0.6) is 0 Å². The molecule has 0 amide bonds. The van der Waals surface area contributed by atoms with Gasteiger partial charge in [-0.15, -0.1) is 0 Å². The zero-order valence-corrected chi connectivity index (χ0v) is 13.7. The van der Waals surface area contributed by atoms with Crippen molar-refractivity contribution in [2.75, 3.05) is 39.3 Å². The normalized spacial score (nSPS) is 30.0. The third-order valence-electron chi connectivity index (χ3n) is 5.85.